The van der Waals surface area contributed by atoms with Crippen LogP contribution in [0.1, 0.15) is 22.7 Å². The van der Waals surface area contributed by atoms with E-state index in [1.165, 1.54) is 23.3 Å². The topological polar surface area (TPSA) is 89.0 Å². The number of Topliss-reactive ketones (excluding diaryl/α,β-unsaturated/α-hetero) is 1. The number of aryl methyl sites for hydroxylation is 1. The van der Waals surface area contributed by atoms with Gasteiger partial charge in [-0.1, -0.05) is 59.4 Å². The molecule has 7 nitrogen and oxygen atoms in total. The van der Waals surface area contributed by atoms with Gasteiger partial charge in [0, 0.05) is 11.1 Å². The maximum atomic E-state index is 13.4. The minimum atomic E-state index is -0.921. The lowest BCUT2D eigenvalue weighted by molar-refractivity contribution is -0.132. The number of hydrogen-bond acceptors (Lipinski definition) is 7. The van der Waals surface area contributed by atoms with Gasteiger partial charge in [0.25, 0.3) is 5.78 Å². The summed E-state index contributed by atoms with van der Waals surface area (Å²) in [4.78, 5) is 32.8. The number of ketones is 1. The Morgan fingerprint density at radius 2 is 1.74 bits per heavy atom. The van der Waals surface area contributed by atoms with Gasteiger partial charge in [0.1, 0.15) is 23.3 Å². The van der Waals surface area contributed by atoms with E-state index in [2.05, 4.69) is 4.98 Å². The Bertz CT molecular complexity index is 1490. The lowest BCUT2D eigenvalue weighted by Gasteiger charge is -2.24. The Labute approximate surface area is 205 Å². The molecular weight excluding hydrogens is 464 g/mol. The van der Waals surface area contributed by atoms with Crippen LogP contribution in [0, 0.1) is 6.92 Å². The van der Waals surface area contributed by atoms with Gasteiger partial charge in [-0.3, -0.25) is 14.5 Å². The van der Waals surface area contributed by atoms with Crippen LogP contribution in [-0.4, -0.2) is 36.0 Å². The molecule has 1 saturated heterocycles. The summed E-state index contributed by atoms with van der Waals surface area (Å²) in [7, 11) is 3.10. The SMILES string of the molecule is COc1ccc2nc(N3C(=O)C(=O)C(=C(O)c4ccc(C)cc4)[C@H]3c3ccccc3OC)sc2c1. The molecule has 1 aliphatic rings. The van der Waals surface area contributed by atoms with Gasteiger partial charge in [-0.05, 0) is 31.2 Å². The van der Waals surface area contributed by atoms with Crippen molar-refractivity contribution in [2.24, 2.45) is 0 Å². The molecule has 1 atom stereocenters. The molecule has 0 bridgehead atoms. The molecule has 4 aromatic rings. The number of nitrogens with zero attached hydrogens (tertiary/aromatic N) is 2. The van der Waals surface area contributed by atoms with Crippen molar-refractivity contribution in [3.8, 4) is 11.5 Å². The summed E-state index contributed by atoms with van der Waals surface area (Å²) in [5.74, 6) is -0.640. The number of thiazole rings is 1. The number of aliphatic hydroxyl groups excluding tert-OH is 1. The molecule has 1 aliphatic heterocycles. The Kier molecular flexibility index (Phi) is 5.74. The minimum absolute atomic E-state index is 0.0137. The van der Waals surface area contributed by atoms with Crippen molar-refractivity contribution in [2.45, 2.75) is 13.0 Å². The van der Waals surface area contributed by atoms with E-state index in [9.17, 15) is 14.7 Å². The second kappa shape index (κ2) is 8.88. The van der Waals surface area contributed by atoms with Crippen LogP contribution in [0.25, 0.3) is 16.0 Å². The highest BCUT2D eigenvalue weighted by Gasteiger charge is 2.49. The summed E-state index contributed by atoms with van der Waals surface area (Å²) < 4.78 is 11.7. The third-order valence-corrected chi connectivity index (χ3v) is 7.01. The van der Waals surface area contributed by atoms with Gasteiger partial charge >= 0.3 is 5.91 Å². The highest BCUT2D eigenvalue weighted by atomic mass is 32.1. The summed E-state index contributed by atoms with van der Waals surface area (Å²) in [6, 6.07) is 18.8. The van der Waals surface area contributed by atoms with Crippen LogP contribution in [0.4, 0.5) is 5.13 Å². The number of amides is 1. The first kappa shape index (κ1) is 22.6. The third kappa shape index (κ3) is 3.81. The highest BCUT2D eigenvalue weighted by molar-refractivity contribution is 7.22. The molecule has 2 heterocycles. The molecule has 8 heteroatoms. The number of fused-ring (bicyclic) bond motifs is 1. The number of carbonyl (C=O) groups is 2. The first-order chi connectivity index (χ1) is 16.9. The molecule has 0 radical (unpaired) electrons. The number of methoxy groups -OCH3 is 2. The predicted molar refractivity (Wildman–Crippen MR) is 135 cm³/mol. The fraction of sp³-hybridized carbons (Fsp3) is 0.148. The maximum absolute atomic E-state index is 13.4. The van der Waals surface area contributed by atoms with Gasteiger partial charge in [0.15, 0.2) is 5.13 Å². The number of aromatic nitrogens is 1. The van der Waals surface area contributed by atoms with E-state index in [-0.39, 0.29) is 11.3 Å². The summed E-state index contributed by atoms with van der Waals surface area (Å²) >= 11 is 1.27. The number of hydrogen-bond donors (Lipinski definition) is 1. The number of rotatable bonds is 5. The lowest BCUT2D eigenvalue weighted by atomic mass is 9.94. The number of benzene rings is 3. The average Bonchev–Trinajstić information content (AvgIpc) is 3.41. The average molecular weight is 487 g/mol. The smallest absolute Gasteiger partial charge is 0.301 e. The van der Waals surface area contributed by atoms with Crippen LogP contribution in [0.5, 0.6) is 11.5 Å². The van der Waals surface area contributed by atoms with E-state index in [4.69, 9.17) is 9.47 Å². The van der Waals surface area contributed by atoms with Crippen molar-refractivity contribution in [2.75, 3.05) is 19.1 Å². The molecule has 1 fully saturated rings. The lowest BCUT2D eigenvalue weighted by Crippen LogP contribution is -2.29. The quantitative estimate of drug-likeness (QED) is 0.236. The van der Waals surface area contributed by atoms with Crippen LogP contribution in [0.15, 0.2) is 72.3 Å². The second-order valence-corrected chi connectivity index (χ2v) is 9.12. The molecule has 176 valence electrons. The van der Waals surface area contributed by atoms with Gasteiger partial charge < -0.3 is 14.6 Å². The van der Waals surface area contributed by atoms with Gasteiger partial charge in [-0.25, -0.2) is 4.98 Å². The number of carbonyl (C=O) groups excluding carboxylic acids is 2. The third-order valence-electron chi connectivity index (χ3n) is 5.99. The van der Waals surface area contributed by atoms with Gasteiger partial charge in [0.05, 0.1) is 30.0 Å². The van der Waals surface area contributed by atoms with Crippen LogP contribution in [0.2, 0.25) is 0 Å². The number of aliphatic hydroxyl groups is 1. The van der Waals surface area contributed by atoms with Crippen molar-refractivity contribution < 1.29 is 24.2 Å². The molecular formula is C27H22N2O5S. The van der Waals surface area contributed by atoms with Crippen molar-refractivity contribution in [1.29, 1.82) is 0 Å². The Balaban J connectivity index is 1.74. The van der Waals surface area contributed by atoms with Crippen molar-refractivity contribution >= 4 is 44.1 Å². The zero-order valence-corrected chi connectivity index (χ0v) is 20.1. The van der Waals surface area contributed by atoms with Crippen LogP contribution < -0.4 is 14.4 Å². The number of anilines is 1. The van der Waals surface area contributed by atoms with Crippen LogP contribution >= 0.6 is 11.3 Å². The van der Waals surface area contributed by atoms with E-state index < -0.39 is 17.7 Å². The summed E-state index contributed by atoms with van der Waals surface area (Å²) in [6.07, 6.45) is 0. The van der Waals surface area contributed by atoms with Gasteiger partial charge in [-0.2, -0.15) is 0 Å². The number of ether oxygens (including phenoxy) is 2. The molecule has 3 aromatic carbocycles. The fourth-order valence-electron chi connectivity index (χ4n) is 4.21. The Morgan fingerprint density at radius 3 is 2.46 bits per heavy atom. The van der Waals surface area contributed by atoms with E-state index in [1.807, 2.05) is 25.1 Å². The molecule has 1 aromatic heterocycles. The fourth-order valence-corrected chi connectivity index (χ4v) is 5.23. The summed E-state index contributed by atoms with van der Waals surface area (Å²) in [5, 5.41) is 11.6. The first-order valence-electron chi connectivity index (χ1n) is 10.9. The summed E-state index contributed by atoms with van der Waals surface area (Å²) in [6.45, 7) is 1.93. The van der Waals surface area contributed by atoms with Crippen LogP contribution in [-0.2, 0) is 9.59 Å². The number of para-hydroxylation sites is 1. The molecule has 0 spiro atoms. The van der Waals surface area contributed by atoms with Crippen molar-refractivity contribution in [3.63, 3.8) is 0 Å². The molecule has 1 amide bonds. The standard InChI is InChI=1S/C27H22N2O5S/c1-15-8-10-16(11-9-15)24(30)22-23(18-6-4-5-7-20(18)34-3)29(26(32)25(22)31)27-28-19-13-12-17(33-2)14-21(19)35-27/h4-14,23,30H,1-3H3/t23-/m1/s1. The predicted octanol–water partition coefficient (Wildman–Crippen LogP) is 5.25. The van der Waals surface area contributed by atoms with Crippen molar-refractivity contribution in [3.05, 3.63) is 89.0 Å². The maximum Gasteiger partial charge on any atom is 0.301 e. The molecule has 0 saturated carbocycles. The molecule has 0 aliphatic carbocycles. The summed E-state index contributed by atoms with van der Waals surface area (Å²) in [5.41, 5.74) is 2.68. The molecule has 1 N–H and O–H groups in total. The van der Waals surface area contributed by atoms with E-state index >= 15 is 0 Å². The van der Waals surface area contributed by atoms with E-state index in [0.29, 0.717) is 33.3 Å². The Morgan fingerprint density at radius 1 is 1.00 bits per heavy atom. The Hall–Kier alpha value is -4.17. The highest BCUT2D eigenvalue weighted by Crippen LogP contribution is 2.46. The van der Waals surface area contributed by atoms with E-state index in [0.717, 1.165) is 10.3 Å². The largest absolute Gasteiger partial charge is 0.507 e. The van der Waals surface area contributed by atoms with Crippen LogP contribution in [0.3, 0.4) is 0 Å². The monoisotopic (exact) mass is 486 g/mol. The van der Waals surface area contributed by atoms with Crippen molar-refractivity contribution in [1.82, 2.24) is 4.98 Å². The minimum Gasteiger partial charge on any atom is -0.507 e. The van der Waals surface area contributed by atoms with E-state index in [1.54, 1.807) is 55.6 Å². The van der Waals surface area contributed by atoms with Gasteiger partial charge in [-0.15, -0.1) is 0 Å². The normalized spacial score (nSPS) is 17.2. The zero-order valence-electron chi connectivity index (χ0n) is 19.3. The first-order valence-corrected chi connectivity index (χ1v) is 11.7. The molecule has 35 heavy (non-hydrogen) atoms. The van der Waals surface area contributed by atoms with Gasteiger partial charge in [0.2, 0.25) is 0 Å². The zero-order chi connectivity index (χ0) is 24.7. The molecule has 5 rings (SSSR count). The second-order valence-electron chi connectivity index (χ2n) is 8.11. The molecule has 0 unspecified atom stereocenters.